The topological polar surface area (TPSA) is 134 Å². The Morgan fingerprint density at radius 1 is 1.08 bits per heavy atom. The lowest BCUT2D eigenvalue weighted by atomic mass is 9.94. The number of rotatable bonds is 4. The van der Waals surface area contributed by atoms with E-state index in [1.54, 1.807) is 0 Å². The van der Waals surface area contributed by atoms with Crippen molar-refractivity contribution < 1.29 is 18.9 Å². The van der Waals surface area contributed by atoms with Crippen molar-refractivity contribution >= 4 is 0 Å². The minimum absolute atomic E-state index is 0.241. The number of fused-ring (bicyclic) bond motifs is 1. The fourth-order valence-corrected chi connectivity index (χ4v) is 2.93. The lowest BCUT2D eigenvalue weighted by molar-refractivity contribution is -0.321. The van der Waals surface area contributed by atoms with Gasteiger partial charge in [0, 0.05) is 22.5 Å². The fraction of sp³-hybridized carbons (Fsp3) is 0.571. The van der Waals surface area contributed by atoms with Crippen LogP contribution < -0.4 is 0 Å². The maximum absolute atomic E-state index is 8.89. The normalized spacial score (nSPS) is 35.2. The van der Waals surface area contributed by atoms with Crippen molar-refractivity contribution in [3.8, 4) is 0 Å². The van der Waals surface area contributed by atoms with E-state index in [9.17, 15) is 0 Å². The van der Waals surface area contributed by atoms with Gasteiger partial charge in [-0.05, 0) is 11.1 Å². The summed E-state index contributed by atoms with van der Waals surface area (Å²) < 4.78 is 22.6. The summed E-state index contributed by atoms with van der Waals surface area (Å²) in [7, 11) is 1.43. The van der Waals surface area contributed by atoms with Crippen LogP contribution in [0, 0.1) is 0 Å². The third-order valence-corrected chi connectivity index (χ3v) is 4.01. The molecule has 0 saturated carbocycles. The first kappa shape index (κ1) is 16.5. The van der Waals surface area contributed by atoms with Gasteiger partial charge in [0.1, 0.15) is 6.10 Å². The third-order valence-electron chi connectivity index (χ3n) is 4.01. The van der Waals surface area contributed by atoms with Crippen LogP contribution in [0.5, 0.6) is 0 Å². The minimum Gasteiger partial charge on any atom is -0.355 e. The highest BCUT2D eigenvalue weighted by molar-refractivity contribution is 5.17. The molecule has 24 heavy (non-hydrogen) atoms. The molecule has 1 aromatic rings. The van der Waals surface area contributed by atoms with Crippen LogP contribution in [0.3, 0.4) is 0 Å². The van der Waals surface area contributed by atoms with Gasteiger partial charge in [-0.2, -0.15) is 0 Å². The molecule has 0 aromatic heterocycles. The second kappa shape index (κ2) is 7.50. The second-order valence-electron chi connectivity index (χ2n) is 5.35. The molecule has 2 aliphatic heterocycles. The van der Waals surface area contributed by atoms with E-state index in [1.165, 1.54) is 7.11 Å². The van der Waals surface area contributed by atoms with Crippen molar-refractivity contribution in [3.63, 3.8) is 0 Å². The Morgan fingerprint density at radius 3 is 2.46 bits per heavy atom. The summed E-state index contributed by atoms with van der Waals surface area (Å²) in [6, 6.07) is 7.81. The second-order valence-corrected chi connectivity index (χ2v) is 5.35. The Balaban J connectivity index is 1.88. The van der Waals surface area contributed by atoms with Crippen molar-refractivity contribution in [3.05, 3.63) is 56.8 Å². The monoisotopic (exact) mass is 332 g/mol. The molecule has 0 bridgehead atoms. The highest BCUT2D eigenvalue weighted by Crippen LogP contribution is 2.36. The minimum atomic E-state index is -0.835. The Kier molecular flexibility index (Phi) is 5.17. The molecule has 1 aromatic carbocycles. The van der Waals surface area contributed by atoms with E-state index in [4.69, 9.17) is 30.0 Å². The number of hydrogen-bond acceptors (Lipinski definition) is 6. The van der Waals surface area contributed by atoms with E-state index in [-0.39, 0.29) is 6.61 Å². The van der Waals surface area contributed by atoms with Gasteiger partial charge >= 0.3 is 0 Å². The SMILES string of the molecule is CO[C@H]1O[C@@H]2CO[C@@H](c3ccccc3)O[C@H]2[C@H](N=[N+]=[N-])[C@@H]1N=[N+]=[N-]. The lowest BCUT2D eigenvalue weighted by Crippen LogP contribution is -2.60. The Labute approximate surface area is 137 Å². The molecule has 0 aliphatic carbocycles. The molecule has 6 atom stereocenters. The zero-order chi connectivity index (χ0) is 16.9. The van der Waals surface area contributed by atoms with Crippen LogP contribution in [0.15, 0.2) is 40.6 Å². The van der Waals surface area contributed by atoms with Crippen LogP contribution in [0.4, 0.5) is 0 Å². The molecule has 126 valence electrons. The van der Waals surface area contributed by atoms with Crippen molar-refractivity contribution in [1.29, 1.82) is 0 Å². The van der Waals surface area contributed by atoms with Crippen molar-refractivity contribution in [2.45, 2.75) is 36.9 Å². The van der Waals surface area contributed by atoms with Gasteiger partial charge in [0.25, 0.3) is 0 Å². The highest BCUT2D eigenvalue weighted by Gasteiger charge is 2.49. The first-order valence-corrected chi connectivity index (χ1v) is 7.37. The molecule has 0 radical (unpaired) electrons. The molecule has 10 nitrogen and oxygen atoms in total. The first-order chi connectivity index (χ1) is 11.8. The molecule has 10 heteroatoms. The summed E-state index contributed by atoms with van der Waals surface area (Å²) in [5, 5.41) is 7.44. The number of nitrogens with zero attached hydrogens (tertiary/aromatic N) is 6. The Hall–Kier alpha value is -2.32. The first-order valence-electron chi connectivity index (χ1n) is 7.37. The van der Waals surface area contributed by atoms with Crippen molar-refractivity contribution in [2.24, 2.45) is 10.2 Å². The van der Waals surface area contributed by atoms with Gasteiger partial charge in [-0.15, -0.1) is 0 Å². The van der Waals surface area contributed by atoms with E-state index in [0.717, 1.165) is 5.56 Å². The molecule has 2 fully saturated rings. The summed E-state index contributed by atoms with van der Waals surface area (Å²) in [5.74, 6) is 0. The molecule has 2 heterocycles. The Bertz CT molecular complexity index is 660. The quantitative estimate of drug-likeness (QED) is 0.476. The Morgan fingerprint density at radius 2 is 1.79 bits per heavy atom. The predicted molar refractivity (Wildman–Crippen MR) is 81.5 cm³/mol. The zero-order valence-electron chi connectivity index (χ0n) is 12.9. The number of hydrogen-bond donors (Lipinski definition) is 0. The average Bonchev–Trinajstić information content (AvgIpc) is 2.64. The summed E-state index contributed by atoms with van der Waals surface area (Å²) in [4.78, 5) is 5.66. The largest absolute Gasteiger partial charge is 0.355 e. The fourth-order valence-electron chi connectivity index (χ4n) is 2.93. The van der Waals surface area contributed by atoms with Crippen LogP contribution in [0.1, 0.15) is 11.9 Å². The van der Waals surface area contributed by atoms with Crippen LogP contribution in [-0.4, -0.2) is 44.3 Å². The zero-order valence-corrected chi connectivity index (χ0v) is 12.9. The highest BCUT2D eigenvalue weighted by atomic mass is 16.7. The van der Waals surface area contributed by atoms with E-state index in [2.05, 4.69) is 20.1 Å². The molecular weight excluding hydrogens is 316 g/mol. The van der Waals surface area contributed by atoms with E-state index < -0.39 is 36.9 Å². The van der Waals surface area contributed by atoms with Crippen LogP contribution >= 0.6 is 0 Å². The molecule has 0 N–H and O–H groups in total. The van der Waals surface area contributed by atoms with Gasteiger partial charge in [-0.3, -0.25) is 0 Å². The van der Waals surface area contributed by atoms with Crippen molar-refractivity contribution in [2.75, 3.05) is 13.7 Å². The average molecular weight is 332 g/mol. The van der Waals surface area contributed by atoms with Gasteiger partial charge in [0.2, 0.25) is 0 Å². The number of methoxy groups -OCH3 is 1. The number of azide groups is 2. The van der Waals surface area contributed by atoms with Gasteiger partial charge in [0.15, 0.2) is 12.6 Å². The van der Waals surface area contributed by atoms with Crippen LogP contribution in [-0.2, 0) is 18.9 Å². The maximum atomic E-state index is 8.89. The van der Waals surface area contributed by atoms with Crippen molar-refractivity contribution in [1.82, 2.24) is 0 Å². The van der Waals surface area contributed by atoms with E-state index in [1.807, 2.05) is 30.3 Å². The van der Waals surface area contributed by atoms with E-state index in [0.29, 0.717) is 0 Å². The molecule has 0 spiro atoms. The summed E-state index contributed by atoms with van der Waals surface area (Å²) >= 11 is 0. The molecule has 2 aliphatic rings. The summed E-state index contributed by atoms with van der Waals surface area (Å²) in [6.45, 7) is 0.241. The summed E-state index contributed by atoms with van der Waals surface area (Å²) in [6.07, 6.45) is -2.55. The molecule has 2 saturated heterocycles. The molecular formula is C14H16N6O4. The molecule has 3 rings (SSSR count). The summed E-state index contributed by atoms with van der Waals surface area (Å²) in [5.41, 5.74) is 18.5. The smallest absolute Gasteiger partial charge is 0.184 e. The van der Waals surface area contributed by atoms with Crippen LogP contribution in [0.2, 0.25) is 0 Å². The number of benzene rings is 1. The molecule has 0 amide bonds. The number of ether oxygens (including phenoxy) is 4. The lowest BCUT2D eigenvalue weighted by Gasteiger charge is -2.46. The third kappa shape index (κ3) is 3.15. The van der Waals surface area contributed by atoms with Crippen LogP contribution in [0.25, 0.3) is 20.9 Å². The van der Waals surface area contributed by atoms with E-state index >= 15 is 0 Å². The van der Waals surface area contributed by atoms with Gasteiger partial charge in [0.05, 0.1) is 24.8 Å². The molecule has 0 unspecified atom stereocenters. The van der Waals surface area contributed by atoms with Gasteiger partial charge in [-0.25, -0.2) is 0 Å². The van der Waals surface area contributed by atoms with Gasteiger partial charge in [-0.1, -0.05) is 40.6 Å². The predicted octanol–water partition coefficient (Wildman–Crippen LogP) is 2.83. The van der Waals surface area contributed by atoms with Gasteiger partial charge < -0.3 is 18.9 Å². The standard InChI is InChI=1S/C14H16N6O4/c1-21-14-11(18-20-16)10(17-19-15)12-9(23-14)7-22-13(24-12)8-5-3-2-4-6-8/h2-6,9-14H,7H2,1H3/t9-,10-,11+,12-,13-,14+/m1/s1. The maximum Gasteiger partial charge on any atom is 0.184 e.